The summed E-state index contributed by atoms with van der Waals surface area (Å²) in [5, 5.41) is 1.99. The Kier molecular flexibility index (Phi) is 4.97. The summed E-state index contributed by atoms with van der Waals surface area (Å²) < 4.78 is 0. The number of piperidine rings is 1. The van der Waals surface area contributed by atoms with E-state index in [1.165, 1.54) is 0 Å². The van der Waals surface area contributed by atoms with Gasteiger partial charge in [-0.25, -0.2) is 4.98 Å². The molecule has 0 aromatic carbocycles. The normalized spacial score (nSPS) is 22.5. The summed E-state index contributed by atoms with van der Waals surface area (Å²) in [7, 11) is 0. The Morgan fingerprint density at radius 1 is 1.31 bits per heavy atom. The van der Waals surface area contributed by atoms with Gasteiger partial charge in [-0.1, -0.05) is 6.07 Å². The maximum atomic E-state index is 12.8. The number of nitrogens with zero attached hydrogens (tertiary/aromatic N) is 4. The first-order chi connectivity index (χ1) is 12.7. The maximum absolute atomic E-state index is 12.8. The third-order valence-corrected chi connectivity index (χ3v) is 5.95. The largest absolute Gasteiger partial charge is 0.340 e. The third-order valence-electron chi connectivity index (χ3n) is 5.31. The second kappa shape index (κ2) is 7.53. The van der Waals surface area contributed by atoms with Crippen LogP contribution >= 0.6 is 11.3 Å². The summed E-state index contributed by atoms with van der Waals surface area (Å²) in [4.78, 5) is 37.8. The molecule has 3 fully saturated rings. The number of hydrogen-bond acceptors (Lipinski definition) is 5. The highest BCUT2D eigenvalue weighted by atomic mass is 32.1. The second-order valence-electron chi connectivity index (χ2n) is 7.03. The van der Waals surface area contributed by atoms with E-state index in [9.17, 15) is 9.59 Å². The zero-order valence-electron chi connectivity index (χ0n) is 14.6. The van der Waals surface area contributed by atoms with Crippen LogP contribution < -0.4 is 0 Å². The average Bonchev–Trinajstić information content (AvgIpc) is 3.03. The maximum Gasteiger partial charge on any atom is 0.228 e. The summed E-state index contributed by atoms with van der Waals surface area (Å²) in [5.74, 6) is 0.237. The molecule has 3 aliphatic rings. The van der Waals surface area contributed by atoms with Gasteiger partial charge in [-0.2, -0.15) is 0 Å². The quantitative estimate of drug-likeness (QED) is 0.809. The van der Waals surface area contributed by atoms with Gasteiger partial charge in [0, 0.05) is 43.3 Å². The van der Waals surface area contributed by atoms with Crippen LogP contribution in [0.25, 0.3) is 0 Å². The molecule has 26 heavy (non-hydrogen) atoms. The van der Waals surface area contributed by atoms with E-state index in [0.717, 1.165) is 24.1 Å². The van der Waals surface area contributed by atoms with Gasteiger partial charge >= 0.3 is 0 Å². The number of carbonyl (C=O) groups is 2. The van der Waals surface area contributed by atoms with Crippen molar-refractivity contribution in [3.63, 3.8) is 0 Å². The van der Waals surface area contributed by atoms with Crippen molar-refractivity contribution in [2.75, 3.05) is 13.1 Å². The highest BCUT2D eigenvalue weighted by Crippen LogP contribution is 2.30. The molecule has 136 valence electrons. The molecule has 2 bridgehead atoms. The predicted octanol–water partition coefficient (Wildman–Crippen LogP) is 2.12. The number of carbonyl (C=O) groups excluding carboxylic acids is 2. The Balaban J connectivity index is 1.42. The molecule has 0 unspecified atom stereocenters. The van der Waals surface area contributed by atoms with Gasteiger partial charge in [-0.3, -0.25) is 14.6 Å². The molecule has 3 aliphatic heterocycles. The zero-order valence-corrected chi connectivity index (χ0v) is 15.4. The smallest absolute Gasteiger partial charge is 0.228 e. The van der Waals surface area contributed by atoms with E-state index in [1.54, 1.807) is 29.2 Å². The van der Waals surface area contributed by atoms with E-state index in [1.807, 2.05) is 27.3 Å². The van der Waals surface area contributed by atoms with Gasteiger partial charge in [-0.05, 0) is 30.9 Å². The van der Waals surface area contributed by atoms with Crippen molar-refractivity contribution in [2.24, 2.45) is 5.92 Å². The van der Waals surface area contributed by atoms with Crippen LogP contribution in [0.2, 0.25) is 0 Å². The Bertz CT molecular complexity index is 765. The van der Waals surface area contributed by atoms with E-state index < -0.39 is 0 Å². The standard InChI is InChI=1S/C19H22N4O2S/c24-18(6-3-14-2-1-7-20-8-14)22-9-15-4-5-17(11-22)23(19(15)25)10-16-12-26-13-21-16/h1-2,7-8,12-13,15,17H,3-6,9-11H2/t15-,17+/m0/s1. The molecule has 5 rings (SSSR count). The lowest BCUT2D eigenvalue weighted by Gasteiger charge is -2.35. The number of thiazole rings is 1. The first-order valence-corrected chi connectivity index (χ1v) is 9.99. The molecule has 0 radical (unpaired) electrons. The van der Waals surface area contributed by atoms with Crippen molar-refractivity contribution in [1.82, 2.24) is 19.8 Å². The van der Waals surface area contributed by atoms with Crippen molar-refractivity contribution in [3.8, 4) is 0 Å². The van der Waals surface area contributed by atoms with Crippen LogP contribution in [0.5, 0.6) is 0 Å². The fourth-order valence-electron chi connectivity index (χ4n) is 3.90. The lowest BCUT2D eigenvalue weighted by Crippen LogP contribution is -2.47. The van der Waals surface area contributed by atoms with E-state index in [0.29, 0.717) is 32.5 Å². The minimum atomic E-state index is -0.0743. The van der Waals surface area contributed by atoms with E-state index in [-0.39, 0.29) is 23.8 Å². The Morgan fingerprint density at radius 3 is 3.00 bits per heavy atom. The number of aromatic nitrogens is 2. The Labute approximate surface area is 156 Å². The SMILES string of the molecule is O=C(CCc1cccnc1)N1C[C@@H]2CC[C@H](C1)N(Cc1cscn1)C2=O. The van der Waals surface area contributed by atoms with Crippen molar-refractivity contribution in [3.05, 3.63) is 46.7 Å². The summed E-state index contributed by atoms with van der Waals surface area (Å²) in [6.45, 7) is 1.74. The van der Waals surface area contributed by atoms with E-state index in [4.69, 9.17) is 0 Å². The first-order valence-electron chi connectivity index (χ1n) is 9.05. The average molecular weight is 370 g/mol. The molecule has 7 heteroatoms. The third kappa shape index (κ3) is 3.62. The second-order valence-corrected chi connectivity index (χ2v) is 7.75. The summed E-state index contributed by atoms with van der Waals surface area (Å²) >= 11 is 1.55. The lowest BCUT2D eigenvalue weighted by molar-refractivity contribution is -0.140. The molecule has 2 amide bonds. The first kappa shape index (κ1) is 17.1. The molecule has 5 heterocycles. The zero-order chi connectivity index (χ0) is 17.9. The fraction of sp³-hybridized carbons (Fsp3) is 0.474. The van der Waals surface area contributed by atoms with Crippen LogP contribution in [-0.4, -0.2) is 50.7 Å². The topological polar surface area (TPSA) is 66.4 Å². The van der Waals surface area contributed by atoms with Gasteiger partial charge in [0.25, 0.3) is 0 Å². The number of aryl methyl sites for hydroxylation is 1. The highest BCUT2D eigenvalue weighted by Gasteiger charge is 2.41. The number of hydrogen-bond donors (Lipinski definition) is 0. The number of pyridine rings is 1. The highest BCUT2D eigenvalue weighted by molar-refractivity contribution is 7.07. The van der Waals surface area contributed by atoms with Crippen molar-refractivity contribution >= 4 is 23.2 Å². The molecular formula is C19H22N4O2S. The van der Waals surface area contributed by atoms with Crippen molar-refractivity contribution in [1.29, 1.82) is 0 Å². The molecule has 0 saturated carbocycles. The molecular weight excluding hydrogens is 348 g/mol. The Hall–Kier alpha value is -2.28. The van der Waals surface area contributed by atoms with Gasteiger partial charge in [0.1, 0.15) is 0 Å². The van der Waals surface area contributed by atoms with Gasteiger partial charge in [0.15, 0.2) is 0 Å². The minimum absolute atomic E-state index is 0.0743. The minimum Gasteiger partial charge on any atom is -0.340 e. The molecule has 2 aromatic heterocycles. The summed E-state index contributed by atoms with van der Waals surface area (Å²) in [6, 6.07) is 3.98. The number of rotatable bonds is 5. The van der Waals surface area contributed by atoms with Crippen LogP contribution in [-0.2, 0) is 22.6 Å². The molecule has 2 aromatic rings. The van der Waals surface area contributed by atoms with Crippen LogP contribution in [0, 0.1) is 5.92 Å². The number of fused-ring (bicyclic) bond motifs is 4. The van der Waals surface area contributed by atoms with Gasteiger partial charge < -0.3 is 9.80 Å². The molecule has 3 saturated heterocycles. The van der Waals surface area contributed by atoms with Crippen LogP contribution in [0.3, 0.4) is 0 Å². The summed E-state index contributed by atoms with van der Waals surface area (Å²) in [5.41, 5.74) is 3.80. The number of amides is 2. The van der Waals surface area contributed by atoms with Crippen LogP contribution in [0.15, 0.2) is 35.4 Å². The Morgan fingerprint density at radius 2 is 2.23 bits per heavy atom. The van der Waals surface area contributed by atoms with Crippen molar-refractivity contribution < 1.29 is 9.59 Å². The molecule has 0 spiro atoms. The van der Waals surface area contributed by atoms with Crippen molar-refractivity contribution in [2.45, 2.75) is 38.3 Å². The van der Waals surface area contributed by atoms with Gasteiger partial charge in [-0.15, -0.1) is 11.3 Å². The van der Waals surface area contributed by atoms with Gasteiger partial charge in [0.05, 0.1) is 23.7 Å². The van der Waals surface area contributed by atoms with E-state index in [2.05, 4.69) is 9.97 Å². The summed E-state index contributed by atoms with van der Waals surface area (Å²) in [6.07, 6.45) is 6.54. The van der Waals surface area contributed by atoms with Gasteiger partial charge in [0.2, 0.25) is 11.8 Å². The van der Waals surface area contributed by atoms with E-state index >= 15 is 0 Å². The lowest BCUT2D eigenvalue weighted by atomic mass is 9.94. The monoisotopic (exact) mass is 370 g/mol. The fourth-order valence-corrected chi connectivity index (χ4v) is 4.45. The molecule has 2 atom stereocenters. The molecule has 6 nitrogen and oxygen atoms in total. The molecule has 0 aliphatic carbocycles. The predicted molar refractivity (Wildman–Crippen MR) is 98.3 cm³/mol. The van der Waals surface area contributed by atoms with Crippen LogP contribution in [0.1, 0.15) is 30.5 Å². The van der Waals surface area contributed by atoms with Crippen LogP contribution in [0.4, 0.5) is 0 Å². The molecule has 0 N–H and O–H groups in total.